The van der Waals surface area contributed by atoms with Crippen LogP contribution in [0.25, 0.3) is 42.4 Å². The molecule has 0 aliphatic heterocycles. The highest BCUT2D eigenvalue weighted by molar-refractivity contribution is 7.25. The van der Waals surface area contributed by atoms with E-state index in [1.807, 2.05) is 11.3 Å². The molecule has 9 aromatic rings. The van der Waals surface area contributed by atoms with Crippen LogP contribution >= 0.6 is 11.3 Å². The van der Waals surface area contributed by atoms with Gasteiger partial charge in [-0.3, -0.25) is 0 Å². The summed E-state index contributed by atoms with van der Waals surface area (Å²) in [7, 11) is 0. The van der Waals surface area contributed by atoms with Crippen LogP contribution in [-0.2, 0) is 5.41 Å². The minimum atomic E-state index is -0.447. The molecule has 2 heteroatoms. The largest absolute Gasteiger partial charge is 0.310 e. The molecule has 1 aliphatic rings. The molecule has 0 bridgehead atoms. The first-order valence-electron chi connectivity index (χ1n) is 17.5. The predicted octanol–water partition coefficient (Wildman–Crippen LogP) is 13.6. The highest BCUT2D eigenvalue weighted by Gasteiger charge is 2.46. The van der Waals surface area contributed by atoms with E-state index in [2.05, 4.69) is 205 Å². The molecule has 1 aromatic heterocycles. The van der Waals surface area contributed by atoms with Gasteiger partial charge in [-0.25, -0.2) is 0 Å². The number of rotatable bonds is 6. The Morgan fingerprint density at radius 1 is 0.373 bits per heavy atom. The third kappa shape index (κ3) is 4.61. The van der Waals surface area contributed by atoms with Gasteiger partial charge < -0.3 is 4.90 Å². The summed E-state index contributed by atoms with van der Waals surface area (Å²) in [4.78, 5) is 2.37. The van der Waals surface area contributed by atoms with E-state index in [0.29, 0.717) is 0 Å². The lowest BCUT2D eigenvalue weighted by atomic mass is 9.66. The van der Waals surface area contributed by atoms with Crippen molar-refractivity contribution in [1.82, 2.24) is 0 Å². The Labute approximate surface area is 302 Å². The molecule has 0 saturated carbocycles. The maximum absolute atomic E-state index is 2.38. The summed E-state index contributed by atoms with van der Waals surface area (Å²) in [6, 6.07) is 73.3. The van der Waals surface area contributed by atoms with Crippen molar-refractivity contribution in [2.45, 2.75) is 5.41 Å². The Kier molecular flexibility index (Phi) is 6.97. The quantitative estimate of drug-likeness (QED) is 0.171. The van der Waals surface area contributed by atoms with Crippen molar-refractivity contribution >= 4 is 48.6 Å². The van der Waals surface area contributed by atoms with Crippen molar-refractivity contribution in [1.29, 1.82) is 0 Å². The molecule has 51 heavy (non-hydrogen) atoms. The predicted molar refractivity (Wildman–Crippen MR) is 217 cm³/mol. The Morgan fingerprint density at radius 2 is 0.902 bits per heavy atom. The number of hydrogen-bond donors (Lipinski definition) is 0. The maximum Gasteiger partial charge on any atom is 0.0720 e. The maximum atomic E-state index is 2.38. The van der Waals surface area contributed by atoms with Crippen LogP contribution in [0.15, 0.2) is 200 Å². The topological polar surface area (TPSA) is 3.24 Å². The first-order valence-corrected chi connectivity index (χ1v) is 18.3. The van der Waals surface area contributed by atoms with E-state index in [0.717, 1.165) is 17.1 Å². The number of anilines is 3. The van der Waals surface area contributed by atoms with Gasteiger partial charge in [0.2, 0.25) is 0 Å². The van der Waals surface area contributed by atoms with Crippen LogP contribution in [0.3, 0.4) is 0 Å². The zero-order chi connectivity index (χ0) is 33.8. The Morgan fingerprint density at radius 3 is 1.59 bits per heavy atom. The van der Waals surface area contributed by atoms with E-state index in [9.17, 15) is 0 Å². The number of para-hydroxylation sites is 1. The molecule has 0 saturated heterocycles. The molecule has 0 spiro atoms. The van der Waals surface area contributed by atoms with Crippen molar-refractivity contribution < 1.29 is 0 Å². The van der Waals surface area contributed by atoms with Crippen molar-refractivity contribution in [2.75, 3.05) is 4.90 Å². The molecule has 8 aromatic carbocycles. The van der Waals surface area contributed by atoms with E-state index in [1.165, 1.54) is 64.7 Å². The van der Waals surface area contributed by atoms with Gasteiger partial charge in [0.1, 0.15) is 0 Å². The molecule has 240 valence electrons. The normalized spacial score (nSPS) is 12.9. The molecule has 10 rings (SSSR count). The lowest BCUT2D eigenvalue weighted by Crippen LogP contribution is -2.28. The summed E-state index contributed by atoms with van der Waals surface area (Å²) in [6.07, 6.45) is 0. The summed E-state index contributed by atoms with van der Waals surface area (Å²) < 4.78 is 2.58. The van der Waals surface area contributed by atoms with Crippen LogP contribution in [0.2, 0.25) is 0 Å². The SMILES string of the molecule is c1ccc(-c2ccc(N(c3ccccc3)c3ccc4c(c3)sc3cccc(C5(c6ccccc6)c6ccccc6-c6ccccc65)c34)cc2)cc1. The number of benzene rings is 8. The standard InChI is InChI=1S/C49H33NS/c1-4-15-34(16-5-1)35-27-29-38(30-28-35)50(37-19-8-3-9-20-37)39-31-32-42-47(33-39)51-46-26-14-25-45(48(42)46)49(36-17-6-2-7-18-36)43-23-12-10-21-40(43)41-22-11-13-24-44(41)49/h1-33H. The van der Waals surface area contributed by atoms with Crippen LogP contribution in [0.4, 0.5) is 17.1 Å². The second kappa shape index (κ2) is 12.0. The summed E-state index contributed by atoms with van der Waals surface area (Å²) in [5.74, 6) is 0. The van der Waals surface area contributed by atoms with Gasteiger partial charge in [-0.05, 0) is 87.0 Å². The molecule has 0 unspecified atom stereocenters. The van der Waals surface area contributed by atoms with E-state index in [4.69, 9.17) is 0 Å². The lowest BCUT2D eigenvalue weighted by molar-refractivity contribution is 0.777. The van der Waals surface area contributed by atoms with Crippen LogP contribution in [0.1, 0.15) is 22.3 Å². The monoisotopic (exact) mass is 667 g/mol. The second-order valence-electron chi connectivity index (χ2n) is 13.3. The van der Waals surface area contributed by atoms with Crippen molar-refractivity contribution in [2.24, 2.45) is 0 Å². The average molecular weight is 668 g/mol. The van der Waals surface area contributed by atoms with Crippen LogP contribution in [0.5, 0.6) is 0 Å². The Bertz CT molecular complexity index is 2630. The molecule has 0 amide bonds. The van der Waals surface area contributed by atoms with E-state index in [-0.39, 0.29) is 0 Å². The minimum Gasteiger partial charge on any atom is -0.310 e. The van der Waals surface area contributed by atoms with Gasteiger partial charge in [0, 0.05) is 37.2 Å². The molecule has 0 radical (unpaired) electrons. The van der Waals surface area contributed by atoms with Crippen molar-refractivity contribution in [3.63, 3.8) is 0 Å². The fourth-order valence-corrected chi connectivity index (χ4v) is 9.57. The van der Waals surface area contributed by atoms with Gasteiger partial charge in [0.05, 0.1) is 5.41 Å². The smallest absolute Gasteiger partial charge is 0.0720 e. The van der Waals surface area contributed by atoms with E-state index < -0.39 is 5.41 Å². The van der Waals surface area contributed by atoms with Crippen molar-refractivity contribution in [3.05, 3.63) is 222 Å². The first kappa shape index (κ1) is 29.7. The highest BCUT2D eigenvalue weighted by atomic mass is 32.1. The van der Waals surface area contributed by atoms with Crippen LogP contribution in [0, 0.1) is 0 Å². The van der Waals surface area contributed by atoms with Gasteiger partial charge in [-0.1, -0.05) is 158 Å². The van der Waals surface area contributed by atoms with E-state index in [1.54, 1.807) is 0 Å². The van der Waals surface area contributed by atoms with Gasteiger partial charge >= 0.3 is 0 Å². The van der Waals surface area contributed by atoms with E-state index >= 15 is 0 Å². The second-order valence-corrected chi connectivity index (χ2v) is 14.3. The first-order chi connectivity index (χ1) is 25.3. The summed E-state index contributed by atoms with van der Waals surface area (Å²) in [6.45, 7) is 0. The minimum absolute atomic E-state index is 0.447. The number of fused-ring (bicyclic) bond motifs is 6. The molecule has 1 heterocycles. The number of hydrogen-bond acceptors (Lipinski definition) is 2. The Hall–Kier alpha value is -6.22. The molecule has 1 aliphatic carbocycles. The fourth-order valence-electron chi connectivity index (χ4n) is 8.40. The highest BCUT2D eigenvalue weighted by Crippen LogP contribution is 2.58. The van der Waals surface area contributed by atoms with Crippen LogP contribution in [-0.4, -0.2) is 0 Å². The molecule has 1 nitrogen and oxygen atoms in total. The molecular formula is C49H33NS. The van der Waals surface area contributed by atoms with Gasteiger partial charge in [-0.2, -0.15) is 0 Å². The average Bonchev–Trinajstić information content (AvgIpc) is 3.73. The lowest BCUT2D eigenvalue weighted by Gasteiger charge is -2.34. The number of nitrogens with zero attached hydrogens (tertiary/aromatic N) is 1. The fraction of sp³-hybridized carbons (Fsp3) is 0.0204. The zero-order valence-electron chi connectivity index (χ0n) is 27.9. The Balaban J connectivity index is 1.19. The van der Waals surface area contributed by atoms with Gasteiger partial charge in [0.15, 0.2) is 0 Å². The summed E-state index contributed by atoms with van der Waals surface area (Å²) in [5.41, 5.74) is 13.3. The molecule has 0 atom stereocenters. The summed E-state index contributed by atoms with van der Waals surface area (Å²) in [5, 5.41) is 2.62. The van der Waals surface area contributed by atoms with Crippen LogP contribution < -0.4 is 4.90 Å². The zero-order valence-corrected chi connectivity index (χ0v) is 28.7. The van der Waals surface area contributed by atoms with Crippen molar-refractivity contribution in [3.8, 4) is 22.3 Å². The molecular weight excluding hydrogens is 635 g/mol. The van der Waals surface area contributed by atoms with Gasteiger partial charge in [0.25, 0.3) is 0 Å². The third-order valence-corrected chi connectivity index (χ3v) is 11.7. The molecule has 0 N–H and O–H groups in total. The third-order valence-electron chi connectivity index (χ3n) is 10.5. The summed E-state index contributed by atoms with van der Waals surface area (Å²) >= 11 is 1.89. The number of thiophene rings is 1. The van der Waals surface area contributed by atoms with Gasteiger partial charge in [-0.15, -0.1) is 11.3 Å². The molecule has 0 fully saturated rings.